The first-order valence-electron chi connectivity index (χ1n) is 6.95. The topological polar surface area (TPSA) is 106 Å². The van der Waals surface area contributed by atoms with Gasteiger partial charge in [0.15, 0.2) is 5.76 Å². The Kier molecular flexibility index (Phi) is 4.70. The largest absolute Gasteiger partial charge is 0.438 e. The normalized spacial score (nSPS) is 23.3. The molecular formula is C13H21N3O4S. The molecule has 0 aromatic carbocycles. The Balaban J connectivity index is 2.24. The Morgan fingerprint density at radius 2 is 2.24 bits per heavy atom. The van der Waals surface area contributed by atoms with E-state index in [0.717, 1.165) is 12.8 Å². The van der Waals surface area contributed by atoms with Crippen molar-refractivity contribution in [3.8, 4) is 0 Å². The van der Waals surface area contributed by atoms with Crippen molar-refractivity contribution in [2.75, 3.05) is 20.1 Å². The van der Waals surface area contributed by atoms with E-state index in [1.54, 1.807) is 4.90 Å². The van der Waals surface area contributed by atoms with Gasteiger partial charge in [-0.3, -0.25) is 4.79 Å². The summed E-state index contributed by atoms with van der Waals surface area (Å²) in [5, 5.41) is -0.261. The third-order valence-corrected chi connectivity index (χ3v) is 5.23. The molecule has 118 valence electrons. The van der Waals surface area contributed by atoms with Crippen LogP contribution in [0.4, 0.5) is 0 Å². The van der Waals surface area contributed by atoms with Crippen LogP contribution in [0.1, 0.15) is 30.3 Å². The summed E-state index contributed by atoms with van der Waals surface area (Å²) < 4.78 is 30.6. The van der Waals surface area contributed by atoms with Gasteiger partial charge in [0.05, 0.1) is 0 Å². The molecule has 2 unspecified atom stereocenters. The van der Waals surface area contributed by atoms with E-state index in [1.165, 1.54) is 19.2 Å². The van der Waals surface area contributed by atoms with Crippen LogP contribution in [0.5, 0.6) is 0 Å². The molecule has 1 amide bonds. The Labute approximate surface area is 124 Å². The van der Waals surface area contributed by atoms with Crippen LogP contribution in [0.25, 0.3) is 0 Å². The summed E-state index contributed by atoms with van der Waals surface area (Å²) in [4.78, 5) is 14.2. The molecule has 2 rings (SSSR count). The van der Waals surface area contributed by atoms with Crippen molar-refractivity contribution in [3.05, 3.63) is 17.9 Å². The van der Waals surface area contributed by atoms with Gasteiger partial charge in [-0.1, -0.05) is 6.92 Å². The Morgan fingerprint density at radius 3 is 2.86 bits per heavy atom. The number of hydrogen-bond acceptors (Lipinski definition) is 5. The summed E-state index contributed by atoms with van der Waals surface area (Å²) in [6.07, 6.45) is 1.94. The number of nitrogens with zero attached hydrogens (tertiary/aromatic N) is 1. The van der Waals surface area contributed by atoms with Gasteiger partial charge in [0.1, 0.15) is 0 Å². The summed E-state index contributed by atoms with van der Waals surface area (Å²) in [6.45, 7) is 3.06. The number of carbonyl (C=O) groups is 1. The van der Waals surface area contributed by atoms with Crippen molar-refractivity contribution in [3.63, 3.8) is 0 Å². The molecule has 0 radical (unpaired) electrons. The highest BCUT2D eigenvalue weighted by atomic mass is 32.2. The first kappa shape index (κ1) is 16.0. The van der Waals surface area contributed by atoms with Gasteiger partial charge < -0.3 is 15.1 Å². The number of piperidine rings is 1. The van der Waals surface area contributed by atoms with Gasteiger partial charge in [0, 0.05) is 19.1 Å². The molecule has 7 nitrogen and oxygen atoms in total. The predicted octanol–water partition coefficient (Wildman–Crippen LogP) is 0.387. The Bertz CT molecular complexity index is 611. The van der Waals surface area contributed by atoms with Gasteiger partial charge >= 0.3 is 0 Å². The third-order valence-electron chi connectivity index (χ3n) is 3.94. The molecule has 2 atom stereocenters. The Hall–Kier alpha value is -1.38. The zero-order valence-corrected chi connectivity index (χ0v) is 13.0. The molecule has 8 heteroatoms. The van der Waals surface area contributed by atoms with Gasteiger partial charge in [0.25, 0.3) is 15.9 Å². The maximum Gasteiger partial charge on any atom is 0.289 e. The van der Waals surface area contributed by atoms with E-state index in [0.29, 0.717) is 19.0 Å². The lowest BCUT2D eigenvalue weighted by Crippen LogP contribution is -2.51. The smallest absolute Gasteiger partial charge is 0.289 e. The maximum atomic E-state index is 12.5. The van der Waals surface area contributed by atoms with Gasteiger partial charge in [-0.05, 0) is 37.9 Å². The van der Waals surface area contributed by atoms with Crippen LogP contribution >= 0.6 is 0 Å². The van der Waals surface area contributed by atoms with Gasteiger partial charge in [-0.25, -0.2) is 13.1 Å². The second-order valence-corrected chi connectivity index (χ2v) is 7.06. The van der Waals surface area contributed by atoms with Crippen LogP contribution in [0.3, 0.4) is 0 Å². The molecule has 1 aliphatic heterocycles. The number of amides is 1. The van der Waals surface area contributed by atoms with E-state index >= 15 is 0 Å². The predicted molar refractivity (Wildman–Crippen MR) is 77.2 cm³/mol. The molecule has 0 spiro atoms. The second-order valence-electron chi connectivity index (χ2n) is 5.25. The lowest BCUT2D eigenvalue weighted by molar-refractivity contribution is 0.0496. The third kappa shape index (κ3) is 3.12. The SMILES string of the molecule is CNS(=O)(=O)c1ccc(C(=O)N2CCCC(C)C2CN)o1. The molecule has 2 heterocycles. The van der Waals surface area contributed by atoms with E-state index in [1.807, 2.05) is 0 Å². The molecule has 0 bridgehead atoms. The van der Waals surface area contributed by atoms with Gasteiger partial charge in [-0.15, -0.1) is 0 Å². The van der Waals surface area contributed by atoms with Gasteiger partial charge in [0.2, 0.25) is 5.09 Å². The number of rotatable bonds is 4. The van der Waals surface area contributed by atoms with Crippen LogP contribution in [0.2, 0.25) is 0 Å². The number of nitrogens with one attached hydrogen (secondary N) is 1. The lowest BCUT2D eigenvalue weighted by Gasteiger charge is -2.38. The van der Waals surface area contributed by atoms with E-state index in [9.17, 15) is 13.2 Å². The molecule has 0 saturated carbocycles. The minimum absolute atomic E-state index is 0.0244. The fraction of sp³-hybridized carbons (Fsp3) is 0.615. The minimum atomic E-state index is -3.68. The summed E-state index contributed by atoms with van der Waals surface area (Å²) >= 11 is 0. The maximum absolute atomic E-state index is 12.5. The molecule has 1 aliphatic rings. The van der Waals surface area contributed by atoms with Crippen LogP contribution < -0.4 is 10.5 Å². The van der Waals surface area contributed by atoms with Crippen molar-refractivity contribution < 1.29 is 17.6 Å². The second kappa shape index (κ2) is 6.17. The van der Waals surface area contributed by atoms with Crippen LogP contribution in [-0.4, -0.2) is 45.4 Å². The van der Waals surface area contributed by atoms with Crippen LogP contribution in [-0.2, 0) is 10.0 Å². The molecule has 1 aromatic rings. The summed E-state index contributed by atoms with van der Waals surface area (Å²) in [5.41, 5.74) is 5.77. The van der Waals surface area contributed by atoms with Gasteiger partial charge in [-0.2, -0.15) is 0 Å². The number of hydrogen-bond donors (Lipinski definition) is 2. The van der Waals surface area contributed by atoms with E-state index in [4.69, 9.17) is 10.2 Å². The van der Waals surface area contributed by atoms with Crippen molar-refractivity contribution in [1.29, 1.82) is 0 Å². The zero-order valence-electron chi connectivity index (χ0n) is 12.2. The van der Waals surface area contributed by atoms with E-state index in [2.05, 4.69) is 11.6 Å². The molecule has 21 heavy (non-hydrogen) atoms. The number of sulfonamides is 1. The number of furan rings is 1. The quantitative estimate of drug-likeness (QED) is 0.836. The van der Waals surface area contributed by atoms with E-state index < -0.39 is 10.0 Å². The average molecular weight is 315 g/mol. The molecule has 0 aliphatic carbocycles. The molecule has 3 N–H and O–H groups in total. The van der Waals surface area contributed by atoms with Crippen molar-refractivity contribution >= 4 is 15.9 Å². The zero-order chi connectivity index (χ0) is 15.6. The van der Waals surface area contributed by atoms with Crippen LogP contribution in [0.15, 0.2) is 21.6 Å². The fourth-order valence-electron chi connectivity index (χ4n) is 2.68. The standard InChI is InChI=1S/C13H21N3O4S/c1-9-4-3-7-16(10(9)8-14)13(17)11-5-6-12(20-11)21(18,19)15-2/h5-6,9-10,15H,3-4,7-8,14H2,1-2H3. The van der Waals surface area contributed by atoms with Crippen molar-refractivity contribution in [2.24, 2.45) is 11.7 Å². The Morgan fingerprint density at radius 1 is 1.52 bits per heavy atom. The minimum Gasteiger partial charge on any atom is -0.438 e. The molecule has 1 saturated heterocycles. The monoisotopic (exact) mass is 315 g/mol. The first-order chi connectivity index (χ1) is 9.90. The summed E-state index contributed by atoms with van der Waals surface area (Å²) in [6, 6.07) is 2.63. The highest BCUT2D eigenvalue weighted by Crippen LogP contribution is 2.25. The van der Waals surface area contributed by atoms with Crippen molar-refractivity contribution in [1.82, 2.24) is 9.62 Å². The molecular weight excluding hydrogens is 294 g/mol. The number of likely N-dealkylation sites (tertiary alicyclic amines) is 1. The lowest BCUT2D eigenvalue weighted by atomic mass is 9.90. The number of carbonyl (C=O) groups excluding carboxylic acids is 1. The highest BCUT2D eigenvalue weighted by Gasteiger charge is 2.33. The van der Waals surface area contributed by atoms with Crippen LogP contribution in [0, 0.1) is 5.92 Å². The first-order valence-corrected chi connectivity index (χ1v) is 8.43. The van der Waals surface area contributed by atoms with E-state index in [-0.39, 0.29) is 22.8 Å². The highest BCUT2D eigenvalue weighted by molar-refractivity contribution is 7.89. The fourth-order valence-corrected chi connectivity index (χ4v) is 3.33. The molecule has 1 fully saturated rings. The van der Waals surface area contributed by atoms with Crippen molar-refractivity contribution in [2.45, 2.75) is 30.9 Å². The number of nitrogens with two attached hydrogens (primary N) is 1. The molecule has 1 aromatic heterocycles. The summed E-state index contributed by atoms with van der Waals surface area (Å²) in [5.74, 6) is 0.0362. The summed E-state index contributed by atoms with van der Waals surface area (Å²) in [7, 11) is -2.40. The average Bonchev–Trinajstić information content (AvgIpc) is 2.96.